The van der Waals surface area contributed by atoms with Gasteiger partial charge in [-0.05, 0) is 72.0 Å². The topological polar surface area (TPSA) is 35.5 Å². The summed E-state index contributed by atoms with van der Waals surface area (Å²) in [5, 5.41) is 0.845. The number of rotatable bonds is 4. The Balaban J connectivity index is 2.00. The first-order chi connectivity index (χ1) is 9.95. The van der Waals surface area contributed by atoms with Crippen LogP contribution in [-0.4, -0.2) is 12.1 Å². The normalized spacial score (nSPS) is 11.8. The summed E-state index contributed by atoms with van der Waals surface area (Å²) >= 11 is 14.0. The SMILES string of the molecule is C[C@H](Oc1ccc(Cl)cc1Cl)C(=O)Oc1ccc(I)cc1. The van der Waals surface area contributed by atoms with Crippen LogP contribution in [0.2, 0.25) is 10.0 Å². The molecule has 0 radical (unpaired) electrons. The maximum absolute atomic E-state index is 12.0. The quantitative estimate of drug-likeness (QED) is 0.385. The Bertz CT molecular complexity index is 644. The second kappa shape index (κ2) is 7.33. The summed E-state index contributed by atoms with van der Waals surface area (Å²) < 4.78 is 11.8. The molecule has 0 amide bonds. The first kappa shape index (κ1) is 16.4. The van der Waals surface area contributed by atoms with Gasteiger partial charge in [0.1, 0.15) is 11.5 Å². The van der Waals surface area contributed by atoms with E-state index in [1.54, 1.807) is 37.3 Å². The molecule has 0 aliphatic carbocycles. The molecule has 0 saturated heterocycles. The van der Waals surface area contributed by atoms with E-state index in [1.807, 2.05) is 12.1 Å². The molecule has 0 unspecified atom stereocenters. The molecule has 0 fully saturated rings. The lowest BCUT2D eigenvalue weighted by molar-refractivity contribution is -0.141. The minimum absolute atomic E-state index is 0.344. The molecule has 0 aliphatic heterocycles. The summed E-state index contributed by atoms with van der Waals surface area (Å²) in [6, 6.07) is 12.0. The minimum atomic E-state index is -0.789. The second-order valence-electron chi connectivity index (χ2n) is 4.21. The molecule has 3 nitrogen and oxygen atoms in total. The average Bonchev–Trinajstić information content (AvgIpc) is 2.44. The van der Waals surface area contributed by atoms with Crippen LogP contribution in [-0.2, 0) is 4.79 Å². The standard InChI is InChI=1S/C15H11Cl2IO3/c1-9(20-14-7-2-10(16)8-13(14)17)15(19)21-12-5-3-11(18)4-6-12/h2-9H,1H3/t9-/m0/s1. The zero-order chi connectivity index (χ0) is 15.4. The van der Waals surface area contributed by atoms with Crippen LogP contribution in [0.1, 0.15) is 6.92 Å². The van der Waals surface area contributed by atoms with E-state index < -0.39 is 12.1 Å². The van der Waals surface area contributed by atoms with Gasteiger partial charge in [-0.1, -0.05) is 23.2 Å². The number of hydrogen-bond donors (Lipinski definition) is 0. The van der Waals surface area contributed by atoms with Crippen molar-refractivity contribution in [2.75, 3.05) is 0 Å². The first-order valence-corrected chi connectivity index (χ1v) is 7.88. The zero-order valence-electron chi connectivity index (χ0n) is 11.0. The molecule has 0 spiro atoms. The highest BCUT2D eigenvalue weighted by atomic mass is 127. The summed E-state index contributed by atoms with van der Waals surface area (Å²) in [5.74, 6) is 0.355. The van der Waals surface area contributed by atoms with Gasteiger partial charge in [-0.15, -0.1) is 0 Å². The highest BCUT2D eigenvalue weighted by Gasteiger charge is 2.18. The van der Waals surface area contributed by atoms with Gasteiger partial charge in [0.25, 0.3) is 0 Å². The number of carbonyl (C=O) groups is 1. The van der Waals surface area contributed by atoms with Crippen LogP contribution >= 0.6 is 45.8 Å². The van der Waals surface area contributed by atoms with E-state index in [0.29, 0.717) is 21.5 Å². The number of hydrogen-bond acceptors (Lipinski definition) is 3. The predicted octanol–water partition coefficient (Wildman–Crippen LogP) is 4.97. The fourth-order valence-electron chi connectivity index (χ4n) is 1.51. The van der Waals surface area contributed by atoms with Crippen LogP contribution in [0, 0.1) is 3.57 Å². The molecule has 0 heterocycles. The van der Waals surface area contributed by atoms with E-state index in [9.17, 15) is 4.79 Å². The molecule has 2 aromatic carbocycles. The molecule has 0 saturated carbocycles. The van der Waals surface area contributed by atoms with E-state index in [2.05, 4.69) is 22.6 Å². The lowest BCUT2D eigenvalue weighted by Gasteiger charge is -2.15. The maximum Gasteiger partial charge on any atom is 0.352 e. The highest BCUT2D eigenvalue weighted by Crippen LogP contribution is 2.28. The third-order valence-corrected chi connectivity index (χ3v) is 3.81. The van der Waals surface area contributed by atoms with Gasteiger partial charge in [-0.3, -0.25) is 0 Å². The van der Waals surface area contributed by atoms with Crippen molar-refractivity contribution >= 4 is 51.8 Å². The summed E-state index contributed by atoms with van der Waals surface area (Å²) in [6.07, 6.45) is -0.789. The molecular weight excluding hydrogens is 426 g/mol. The smallest absolute Gasteiger partial charge is 0.352 e. The number of ether oxygens (including phenoxy) is 2. The monoisotopic (exact) mass is 436 g/mol. The van der Waals surface area contributed by atoms with E-state index >= 15 is 0 Å². The fraction of sp³-hybridized carbons (Fsp3) is 0.133. The van der Waals surface area contributed by atoms with Gasteiger partial charge in [0.2, 0.25) is 0 Å². The van der Waals surface area contributed by atoms with Crippen LogP contribution in [0.15, 0.2) is 42.5 Å². The molecule has 2 rings (SSSR count). The van der Waals surface area contributed by atoms with Gasteiger partial charge in [-0.25, -0.2) is 4.79 Å². The number of carbonyl (C=O) groups excluding carboxylic acids is 1. The van der Waals surface area contributed by atoms with Crippen molar-refractivity contribution in [1.29, 1.82) is 0 Å². The van der Waals surface area contributed by atoms with Gasteiger partial charge < -0.3 is 9.47 Å². The predicted molar refractivity (Wildman–Crippen MR) is 91.3 cm³/mol. The highest BCUT2D eigenvalue weighted by molar-refractivity contribution is 14.1. The van der Waals surface area contributed by atoms with Crippen LogP contribution in [0.4, 0.5) is 0 Å². The summed E-state index contributed by atoms with van der Waals surface area (Å²) in [5.41, 5.74) is 0. The van der Waals surface area contributed by atoms with E-state index in [4.69, 9.17) is 32.7 Å². The lowest BCUT2D eigenvalue weighted by atomic mass is 10.3. The molecular formula is C15H11Cl2IO3. The zero-order valence-corrected chi connectivity index (χ0v) is 14.6. The Morgan fingerprint density at radius 2 is 1.81 bits per heavy atom. The van der Waals surface area contributed by atoms with E-state index in [0.717, 1.165) is 3.57 Å². The Hall–Kier alpha value is -0.980. The molecule has 0 aromatic heterocycles. The average molecular weight is 437 g/mol. The lowest BCUT2D eigenvalue weighted by Crippen LogP contribution is -2.28. The third-order valence-electron chi connectivity index (χ3n) is 2.56. The molecule has 1 atom stereocenters. The van der Waals surface area contributed by atoms with Gasteiger partial charge in [0, 0.05) is 8.59 Å². The molecule has 6 heteroatoms. The Kier molecular flexibility index (Phi) is 5.72. The van der Waals surface area contributed by atoms with E-state index in [1.165, 1.54) is 0 Å². The van der Waals surface area contributed by atoms with Gasteiger partial charge in [0.15, 0.2) is 6.10 Å². The van der Waals surface area contributed by atoms with Gasteiger partial charge in [0.05, 0.1) is 5.02 Å². The van der Waals surface area contributed by atoms with Crippen molar-refractivity contribution in [1.82, 2.24) is 0 Å². The molecule has 110 valence electrons. The van der Waals surface area contributed by atoms with Gasteiger partial charge in [-0.2, -0.15) is 0 Å². The number of halogens is 3. The largest absolute Gasteiger partial charge is 0.477 e. The van der Waals surface area contributed by atoms with Gasteiger partial charge >= 0.3 is 5.97 Å². The van der Waals surface area contributed by atoms with Crippen molar-refractivity contribution in [3.05, 3.63) is 56.1 Å². The molecule has 2 aromatic rings. The van der Waals surface area contributed by atoms with Crippen molar-refractivity contribution in [2.24, 2.45) is 0 Å². The van der Waals surface area contributed by atoms with Crippen LogP contribution in [0.25, 0.3) is 0 Å². The molecule has 0 aliphatic rings. The minimum Gasteiger partial charge on any atom is -0.477 e. The third kappa shape index (κ3) is 4.76. The maximum atomic E-state index is 12.0. The van der Waals surface area contributed by atoms with E-state index in [-0.39, 0.29) is 0 Å². The second-order valence-corrected chi connectivity index (χ2v) is 6.30. The summed E-state index contributed by atoms with van der Waals surface area (Å²) in [7, 11) is 0. The molecule has 21 heavy (non-hydrogen) atoms. The van der Waals surface area contributed by atoms with Crippen molar-refractivity contribution in [3.63, 3.8) is 0 Å². The van der Waals surface area contributed by atoms with Crippen LogP contribution in [0.3, 0.4) is 0 Å². The van der Waals surface area contributed by atoms with Crippen LogP contribution < -0.4 is 9.47 Å². The number of esters is 1. The first-order valence-electron chi connectivity index (χ1n) is 6.04. The van der Waals surface area contributed by atoms with Crippen molar-refractivity contribution < 1.29 is 14.3 Å². The Morgan fingerprint density at radius 3 is 2.43 bits per heavy atom. The summed E-state index contributed by atoms with van der Waals surface area (Å²) in [6.45, 7) is 1.60. The van der Waals surface area contributed by atoms with Crippen molar-refractivity contribution in [3.8, 4) is 11.5 Å². The molecule has 0 N–H and O–H groups in total. The Labute approximate surface area is 146 Å². The van der Waals surface area contributed by atoms with Crippen molar-refractivity contribution in [2.45, 2.75) is 13.0 Å². The van der Waals surface area contributed by atoms with Crippen LogP contribution in [0.5, 0.6) is 11.5 Å². The number of benzene rings is 2. The summed E-state index contributed by atoms with van der Waals surface area (Å²) in [4.78, 5) is 12.0. The Morgan fingerprint density at radius 1 is 1.14 bits per heavy atom. The fourth-order valence-corrected chi connectivity index (χ4v) is 2.32. The molecule has 0 bridgehead atoms.